The van der Waals surface area contributed by atoms with E-state index in [0.29, 0.717) is 37.2 Å². The van der Waals surface area contributed by atoms with Crippen LogP contribution in [0.15, 0.2) is 60.7 Å². The van der Waals surface area contributed by atoms with Crippen molar-refractivity contribution in [3.63, 3.8) is 0 Å². The maximum atomic E-state index is 12.0. The molecule has 1 fully saturated rings. The van der Waals surface area contributed by atoms with Crippen LogP contribution in [0.3, 0.4) is 0 Å². The molecule has 1 aromatic heterocycles. The van der Waals surface area contributed by atoms with Gasteiger partial charge in [0, 0.05) is 11.4 Å². The number of carboxylic acids is 1. The minimum atomic E-state index is -3.31. The number of carbonyl (C=O) groups is 1. The van der Waals surface area contributed by atoms with Gasteiger partial charge < -0.3 is 9.84 Å². The summed E-state index contributed by atoms with van der Waals surface area (Å²) in [7, 11) is -3.31. The highest BCUT2D eigenvalue weighted by atomic mass is 32.2. The van der Waals surface area contributed by atoms with E-state index in [1.54, 1.807) is 24.3 Å². The Morgan fingerprint density at radius 3 is 2.59 bits per heavy atom. The van der Waals surface area contributed by atoms with Gasteiger partial charge in [0.05, 0.1) is 23.4 Å². The van der Waals surface area contributed by atoms with Gasteiger partial charge in [-0.1, -0.05) is 36.4 Å². The number of aromatic nitrogens is 1. The molecule has 1 saturated carbocycles. The second kappa shape index (κ2) is 9.26. The molecule has 32 heavy (non-hydrogen) atoms. The summed E-state index contributed by atoms with van der Waals surface area (Å²) in [5.41, 5.74) is 2.42. The Hall–Kier alpha value is -2.97. The molecule has 0 spiro atoms. The van der Waals surface area contributed by atoms with Crippen LogP contribution in [-0.2, 0) is 21.4 Å². The third kappa shape index (κ3) is 5.44. The zero-order valence-corrected chi connectivity index (χ0v) is 18.6. The van der Waals surface area contributed by atoms with E-state index in [1.165, 1.54) is 0 Å². The summed E-state index contributed by atoms with van der Waals surface area (Å²) >= 11 is 0. The van der Waals surface area contributed by atoms with Crippen LogP contribution in [0, 0.1) is 5.92 Å². The van der Waals surface area contributed by atoms with Crippen molar-refractivity contribution in [3.8, 4) is 5.75 Å². The standard InChI is InChI=1S/C24H26N2O5S/c1-32(29,30)26-19-10-7-18(14-19)23(24(27)28)17-8-12-21(13-9-17)31-15-20-11-6-16-4-2-3-5-22(16)25-20/h2-6,8-9,11-13,18-19,23,26H,7,10,14-15H2,1H3,(H,27,28). The number of benzene rings is 2. The summed E-state index contributed by atoms with van der Waals surface area (Å²) in [4.78, 5) is 16.6. The van der Waals surface area contributed by atoms with Crippen LogP contribution >= 0.6 is 0 Å². The van der Waals surface area contributed by atoms with Crippen LogP contribution in [0.25, 0.3) is 10.9 Å². The highest BCUT2D eigenvalue weighted by Crippen LogP contribution is 2.38. The van der Waals surface area contributed by atoms with Crippen molar-refractivity contribution in [2.45, 2.75) is 37.8 Å². The van der Waals surface area contributed by atoms with Gasteiger partial charge in [-0.2, -0.15) is 0 Å². The largest absolute Gasteiger partial charge is 0.487 e. The summed E-state index contributed by atoms with van der Waals surface area (Å²) in [5, 5.41) is 10.9. The summed E-state index contributed by atoms with van der Waals surface area (Å²) in [6.45, 7) is 0.313. The molecule has 1 aliphatic carbocycles. The van der Waals surface area contributed by atoms with E-state index < -0.39 is 21.9 Å². The zero-order chi connectivity index (χ0) is 22.7. The maximum absolute atomic E-state index is 12.0. The predicted octanol–water partition coefficient (Wildman–Crippen LogP) is 3.70. The van der Waals surface area contributed by atoms with Gasteiger partial charge in [0.2, 0.25) is 10.0 Å². The number of rotatable bonds is 8. The monoisotopic (exact) mass is 454 g/mol. The van der Waals surface area contributed by atoms with E-state index >= 15 is 0 Å². The number of nitrogens with one attached hydrogen (secondary N) is 1. The number of para-hydroxylation sites is 1. The fourth-order valence-electron chi connectivity index (χ4n) is 4.46. The van der Waals surface area contributed by atoms with Crippen LogP contribution in [0.4, 0.5) is 0 Å². The second-order valence-corrected chi connectivity index (χ2v) is 10.1. The highest BCUT2D eigenvalue weighted by molar-refractivity contribution is 7.88. The molecule has 1 aliphatic rings. The number of hydrogen-bond donors (Lipinski definition) is 2. The lowest BCUT2D eigenvalue weighted by Gasteiger charge is -2.20. The average molecular weight is 455 g/mol. The van der Waals surface area contributed by atoms with Gasteiger partial charge in [-0.25, -0.2) is 18.1 Å². The van der Waals surface area contributed by atoms with E-state index in [9.17, 15) is 18.3 Å². The fourth-order valence-corrected chi connectivity index (χ4v) is 5.28. The molecule has 3 unspecified atom stereocenters. The lowest BCUT2D eigenvalue weighted by molar-refractivity contribution is -0.140. The summed E-state index contributed by atoms with van der Waals surface area (Å²) < 4.78 is 31.4. The highest BCUT2D eigenvalue weighted by Gasteiger charge is 2.36. The molecule has 0 saturated heterocycles. The van der Waals surface area contributed by atoms with Crippen molar-refractivity contribution in [1.29, 1.82) is 0 Å². The first kappa shape index (κ1) is 22.2. The zero-order valence-electron chi connectivity index (χ0n) is 17.8. The van der Waals surface area contributed by atoms with Crippen molar-refractivity contribution in [1.82, 2.24) is 9.71 Å². The van der Waals surface area contributed by atoms with E-state index in [-0.39, 0.29) is 12.0 Å². The van der Waals surface area contributed by atoms with Crippen LogP contribution in [0.5, 0.6) is 5.75 Å². The summed E-state index contributed by atoms with van der Waals surface area (Å²) in [6, 6.07) is 18.7. The molecule has 0 aliphatic heterocycles. The van der Waals surface area contributed by atoms with Crippen molar-refractivity contribution in [2.75, 3.05) is 6.26 Å². The van der Waals surface area contributed by atoms with Crippen LogP contribution in [-0.4, -0.2) is 36.8 Å². The molecule has 2 aromatic carbocycles. The number of ether oxygens (including phenoxy) is 1. The smallest absolute Gasteiger partial charge is 0.311 e. The lowest BCUT2D eigenvalue weighted by atomic mass is 9.85. The Balaban J connectivity index is 1.41. The van der Waals surface area contributed by atoms with E-state index in [4.69, 9.17) is 4.74 Å². The minimum Gasteiger partial charge on any atom is -0.487 e. The Morgan fingerprint density at radius 2 is 1.88 bits per heavy atom. The molecule has 2 N–H and O–H groups in total. The average Bonchev–Trinajstić information content (AvgIpc) is 3.19. The molecule has 3 atom stereocenters. The van der Waals surface area contributed by atoms with E-state index in [0.717, 1.165) is 22.9 Å². The van der Waals surface area contributed by atoms with Crippen molar-refractivity contribution >= 4 is 26.9 Å². The van der Waals surface area contributed by atoms with Gasteiger partial charge in [0.15, 0.2) is 0 Å². The molecular formula is C24H26N2O5S. The number of fused-ring (bicyclic) bond motifs is 1. The molecule has 8 heteroatoms. The fraction of sp³-hybridized carbons (Fsp3) is 0.333. The van der Waals surface area contributed by atoms with Crippen LogP contribution in [0.2, 0.25) is 0 Å². The van der Waals surface area contributed by atoms with Gasteiger partial charge >= 0.3 is 5.97 Å². The number of carboxylic acid groups (broad SMARTS) is 1. The molecular weight excluding hydrogens is 428 g/mol. The van der Waals surface area contributed by atoms with Crippen molar-refractivity contribution < 1.29 is 23.1 Å². The number of sulfonamides is 1. The summed E-state index contributed by atoms with van der Waals surface area (Å²) in [6.07, 6.45) is 2.94. The second-order valence-electron chi connectivity index (χ2n) is 8.33. The van der Waals surface area contributed by atoms with Gasteiger partial charge in [-0.15, -0.1) is 0 Å². The van der Waals surface area contributed by atoms with Crippen molar-refractivity contribution in [3.05, 3.63) is 71.9 Å². The first-order chi connectivity index (χ1) is 15.3. The molecule has 4 rings (SSSR count). The Labute approximate surface area is 187 Å². The number of pyridine rings is 1. The van der Waals surface area contributed by atoms with Crippen LogP contribution in [0.1, 0.15) is 36.4 Å². The SMILES string of the molecule is CS(=O)(=O)NC1CCC(C(C(=O)O)c2ccc(OCc3ccc4ccccc4n3)cc2)C1. The Kier molecular flexibility index (Phi) is 6.43. The molecule has 0 radical (unpaired) electrons. The quantitative estimate of drug-likeness (QED) is 0.538. The van der Waals surface area contributed by atoms with Gasteiger partial charge in [0.1, 0.15) is 12.4 Å². The Bertz CT molecular complexity index is 1210. The van der Waals surface area contributed by atoms with Gasteiger partial charge in [-0.05, 0) is 55.0 Å². The topological polar surface area (TPSA) is 106 Å². The van der Waals surface area contributed by atoms with E-state index in [2.05, 4.69) is 9.71 Å². The third-order valence-electron chi connectivity index (χ3n) is 5.87. The first-order valence-corrected chi connectivity index (χ1v) is 12.5. The molecule has 3 aromatic rings. The summed E-state index contributed by atoms with van der Waals surface area (Å²) in [5.74, 6) is -1.07. The normalized spacial score (nSPS) is 19.7. The van der Waals surface area contributed by atoms with Gasteiger partial charge in [-0.3, -0.25) is 4.79 Å². The predicted molar refractivity (Wildman–Crippen MR) is 122 cm³/mol. The maximum Gasteiger partial charge on any atom is 0.311 e. The van der Waals surface area contributed by atoms with Crippen molar-refractivity contribution in [2.24, 2.45) is 5.92 Å². The third-order valence-corrected chi connectivity index (χ3v) is 6.63. The molecule has 1 heterocycles. The molecule has 0 bridgehead atoms. The molecule has 0 amide bonds. The number of nitrogens with zero attached hydrogens (tertiary/aromatic N) is 1. The minimum absolute atomic E-state index is 0.125. The van der Waals surface area contributed by atoms with E-state index in [1.807, 2.05) is 36.4 Å². The molecule has 7 nitrogen and oxygen atoms in total. The first-order valence-electron chi connectivity index (χ1n) is 10.6. The Morgan fingerprint density at radius 1 is 1.12 bits per heavy atom. The molecule has 168 valence electrons. The number of aliphatic carboxylic acids is 1. The van der Waals surface area contributed by atoms with Crippen LogP contribution < -0.4 is 9.46 Å². The number of hydrogen-bond acceptors (Lipinski definition) is 5. The lowest BCUT2D eigenvalue weighted by Crippen LogP contribution is -2.32. The van der Waals surface area contributed by atoms with Gasteiger partial charge in [0.25, 0.3) is 0 Å².